The number of amides is 1. The van der Waals surface area contributed by atoms with E-state index in [-0.39, 0.29) is 29.6 Å². The monoisotopic (exact) mass is 405 g/mol. The predicted molar refractivity (Wildman–Crippen MR) is 107 cm³/mol. The van der Waals surface area contributed by atoms with Crippen molar-refractivity contribution in [2.45, 2.75) is 62.6 Å². The fraction of sp³-hybridized carbons (Fsp3) is 0.810. The lowest BCUT2D eigenvalue weighted by molar-refractivity contribution is -0.137. The number of nitrogens with one attached hydrogen (secondary N) is 2. The summed E-state index contributed by atoms with van der Waals surface area (Å²) in [4.78, 5) is 14.9. The Morgan fingerprint density at radius 1 is 1.34 bits per heavy atom. The van der Waals surface area contributed by atoms with Gasteiger partial charge in [0, 0.05) is 32.7 Å². The molecule has 4 bridgehead atoms. The van der Waals surface area contributed by atoms with Crippen molar-refractivity contribution in [3.63, 3.8) is 0 Å². The summed E-state index contributed by atoms with van der Waals surface area (Å²) in [6.07, 6.45) is 6.55. The molecule has 6 rings (SSSR count). The maximum Gasteiger partial charge on any atom is 0.275 e. The molecule has 2 heterocycles. The smallest absolute Gasteiger partial charge is 0.275 e. The lowest BCUT2D eigenvalue weighted by Crippen LogP contribution is -2.61. The molecule has 5 aliphatic rings. The van der Waals surface area contributed by atoms with Crippen LogP contribution in [-0.2, 0) is 7.05 Å². The molecule has 1 saturated heterocycles. The zero-order valence-corrected chi connectivity index (χ0v) is 17.3. The highest BCUT2D eigenvalue weighted by molar-refractivity contribution is 5.93. The number of aliphatic hydroxyl groups is 1. The van der Waals surface area contributed by atoms with Gasteiger partial charge in [0.15, 0.2) is 17.3 Å². The second-order valence-electron chi connectivity index (χ2n) is 9.91. The molecular formula is C21H32FN5O2. The van der Waals surface area contributed by atoms with Crippen LogP contribution in [0.5, 0.6) is 0 Å². The molecule has 1 amide bonds. The van der Waals surface area contributed by atoms with Gasteiger partial charge in [-0.2, -0.15) is 5.10 Å². The van der Waals surface area contributed by atoms with E-state index in [0.717, 1.165) is 58.0 Å². The summed E-state index contributed by atoms with van der Waals surface area (Å²) in [5, 5.41) is 21.4. The van der Waals surface area contributed by atoms with E-state index in [0.29, 0.717) is 11.7 Å². The summed E-state index contributed by atoms with van der Waals surface area (Å²) >= 11 is 0. The first-order chi connectivity index (χ1) is 13.8. The maximum atomic E-state index is 15.3. The van der Waals surface area contributed by atoms with Crippen molar-refractivity contribution in [2.75, 3.05) is 25.0 Å². The van der Waals surface area contributed by atoms with Crippen LogP contribution in [0.2, 0.25) is 0 Å². The molecule has 29 heavy (non-hydrogen) atoms. The van der Waals surface area contributed by atoms with Gasteiger partial charge in [-0.1, -0.05) is 0 Å². The van der Waals surface area contributed by atoms with Crippen LogP contribution in [0.25, 0.3) is 0 Å². The quantitative estimate of drug-likeness (QED) is 0.706. The van der Waals surface area contributed by atoms with Gasteiger partial charge in [-0.05, 0) is 69.2 Å². The molecule has 1 aliphatic heterocycles. The number of aromatic nitrogens is 2. The first-order valence-corrected chi connectivity index (χ1v) is 11.0. The van der Waals surface area contributed by atoms with Gasteiger partial charge in [-0.15, -0.1) is 0 Å². The minimum atomic E-state index is -0.544. The van der Waals surface area contributed by atoms with Crippen molar-refractivity contribution in [1.82, 2.24) is 20.4 Å². The van der Waals surface area contributed by atoms with Gasteiger partial charge in [-0.3, -0.25) is 4.79 Å². The molecule has 4 saturated carbocycles. The number of anilines is 1. The van der Waals surface area contributed by atoms with E-state index in [4.69, 9.17) is 0 Å². The molecule has 4 aliphatic carbocycles. The van der Waals surface area contributed by atoms with Gasteiger partial charge in [-0.25, -0.2) is 9.07 Å². The zero-order valence-electron chi connectivity index (χ0n) is 17.3. The summed E-state index contributed by atoms with van der Waals surface area (Å²) < 4.78 is 16.8. The molecule has 160 valence electrons. The minimum absolute atomic E-state index is 0.0180. The number of halogens is 1. The Kier molecular flexibility index (Phi) is 4.62. The van der Waals surface area contributed by atoms with Gasteiger partial charge >= 0.3 is 0 Å². The van der Waals surface area contributed by atoms with Crippen molar-refractivity contribution in [1.29, 1.82) is 0 Å². The van der Waals surface area contributed by atoms with E-state index in [1.807, 2.05) is 11.9 Å². The molecule has 3 atom stereocenters. The molecule has 8 heteroatoms. The van der Waals surface area contributed by atoms with E-state index in [9.17, 15) is 9.90 Å². The van der Waals surface area contributed by atoms with E-state index in [2.05, 4.69) is 15.7 Å². The number of hydrogen-bond acceptors (Lipinski definition) is 5. The van der Waals surface area contributed by atoms with Crippen LogP contribution >= 0.6 is 0 Å². The second-order valence-corrected chi connectivity index (χ2v) is 9.91. The minimum Gasteiger partial charge on any atom is -0.390 e. The van der Waals surface area contributed by atoms with Crippen molar-refractivity contribution in [3.8, 4) is 0 Å². The molecule has 3 N–H and O–H groups in total. The Bertz CT molecular complexity index is 789. The number of nitrogens with zero attached hydrogens (tertiary/aromatic N) is 3. The number of carbonyl (C=O) groups excluding carboxylic acids is 1. The van der Waals surface area contributed by atoms with Crippen molar-refractivity contribution >= 4 is 11.7 Å². The third-order valence-corrected chi connectivity index (χ3v) is 7.87. The Morgan fingerprint density at radius 3 is 2.69 bits per heavy atom. The molecule has 0 radical (unpaired) electrons. The van der Waals surface area contributed by atoms with Crippen LogP contribution < -0.4 is 15.5 Å². The second kappa shape index (κ2) is 6.94. The Hall–Kier alpha value is -1.67. The third-order valence-electron chi connectivity index (χ3n) is 7.87. The van der Waals surface area contributed by atoms with Crippen LogP contribution in [0, 0.1) is 23.6 Å². The van der Waals surface area contributed by atoms with Gasteiger partial charge in [0.05, 0.1) is 5.60 Å². The van der Waals surface area contributed by atoms with E-state index >= 15 is 4.39 Å². The van der Waals surface area contributed by atoms with Crippen LogP contribution in [-0.4, -0.2) is 58.6 Å². The average Bonchev–Trinajstić information content (AvgIpc) is 2.97. The lowest BCUT2D eigenvalue weighted by Gasteiger charge is -2.58. The Labute approximate surface area is 171 Å². The van der Waals surface area contributed by atoms with Crippen molar-refractivity contribution in [3.05, 3.63) is 11.5 Å². The molecule has 0 spiro atoms. The maximum absolute atomic E-state index is 15.3. The molecule has 0 aromatic carbocycles. The average molecular weight is 406 g/mol. The third kappa shape index (κ3) is 3.24. The van der Waals surface area contributed by atoms with E-state index in [1.54, 1.807) is 7.05 Å². The standard InChI is InChI=1S/C21H32FN5O2/c1-26(15-4-3-5-23-11-15)20-16(22)18(25-27(20)2)19(28)24-17-13-6-12-7-14(17)10-21(29,8-12)9-13/h12-15,17,23,29H,3-11H2,1-2H3,(H,24,28)/t12?,13?,14?,15-,17?,21?/m1/s1. The fourth-order valence-electron chi connectivity index (χ4n) is 6.79. The first kappa shape index (κ1) is 19.3. The van der Waals surface area contributed by atoms with Gasteiger partial charge in [0.25, 0.3) is 5.91 Å². The van der Waals surface area contributed by atoms with Crippen LogP contribution in [0.1, 0.15) is 55.4 Å². The first-order valence-electron chi connectivity index (χ1n) is 11.0. The summed E-state index contributed by atoms with van der Waals surface area (Å²) in [5.41, 5.74) is -0.664. The number of carbonyl (C=O) groups is 1. The highest BCUT2D eigenvalue weighted by Gasteiger charge is 2.55. The van der Waals surface area contributed by atoms with Crippen molar-refractivity contribution in [2.24, 2.45) is 24.8 Å². The van der Waals surface area contributed by atoms with Gasteiger partial charge < -0.3 is 20.6 Å². The number of likely N-dealkylation sites (N-methyl/N-ethyl adjacent to an activating group) is 1. The van der Waals surface area contributed by atoms with Crippen LogP contribution in [0.15, 0.2) is 0 Å². The number of piperidine rings is 1. The van der Waals surface area contributed by atoms with E-state index < -0.39 is 17.3 Å². The van der Waals surface area contributed by atoms with E-state index in [1.165, 1.54) is 4.68 Å². The highest BCUT2D eigenvalue weighted by atomic mass is 19.1. The fourth-order valence-corrected chi connectivity index (χ4v) is 6.79. The molecule has 1 aromatic rings. The number of hydrogen-bond donors (Lipinski definition) is 3. The Morgan fingerprint density at radius 2 is 2.07 bits per heavy atom. The normalized spacial score (nSPS) is 38.3. The number of aryl methyl sites for hydroxylation is 1. The molecule has 2 unspecified atom stereocenters. The summed E-state index contributed by atoms with van der Waals surface area (Å²) in [5.74, 6) is 0.546. The number of rotatable bonds is 4. The largest absolute Gasteiger partial charge is 0.390 e. The van der Waals surface area contributed by atoms with Gasteiger partial charge in [0.1, 0.15) is 0 Å². The zero-order chi connectivity index (χ0) is 20.3. The predicted octanol–water partition coefficient (Wildman–Crippen LogP) is 1.42. The topological polar surface area (TPSA) is 82.4 Å². The molecule has 5 fully saturated rings. The van der Waals surface area contributed by atoms with Crippen LogP contribution in [0.3, 0.4) is 0 Å². The summed E-state index contributed by atoms with van der Waals surface area (Å²) in [6.45, 7) is 1.80. The van der Waals surface area contributed by atoms with Crippen LogP contribution in [0.4, 0.5) is 10.2 Å². The Balaban J connectivity index is 1.33. The SMILES string of the molecule is CN(c1c(F)c(C(=O)NC2C3CC4CC2CC(O)(C4)C3)nn1C)[C@@H]1CCCNC1. The summed E-state index contributed by atoms with van der Waals surface area (Å²) in [6, 6.07) is 0.208. The molecule has 7 nitrogen and oxygen atoms in total. The van der Waals surface area contributed by atoms with Crippen molar-refractivity contribution < 1.29 is 14.3 Å². The van der Waals surface area contributed by atoms with Gasteiger partial charge in [0.2, 0.25) is 0 Å². The molecular weight excluding hydrogens is 373 g/mol. The highest BCUT2D eigenvalue weighted by Crippen LogP contribution is 2.55. The summed E-state index contributed by atoms with van der Waals surface area (Å²) in [7, 11) is 3.57. The lowest BCUT2D eigenvalue weighted by atomic mass is 9.52. The molecule has 1 aromatic heterocycles.